The van der Waals surface area contributed by atoms with Gasteiger partial charge in [-0.1, -0.05) is 0 Å². The maximum Gasteiger partial charge on any atom is 0.451 e. The number of carboxylic acid groups (broad SMARTS) is 1. The Labute approximate surface area is 112 Å². The molecule has 9 heteroatoms. The molecule has 1 aromatic heterocycles. The molecule has 0 aliphatic heterocycles. The van der Waals surface area contributed by atoms with Crippen molar-refractivity contribution in [1.82, 2.24) is 15.3 Å². The van der Waals surface area contributed by atoms with Crippen LogP contribution in [0, 0.1) is 5.41 Å². The Morgan fingerprint density at radius 3 is 2.15 bits per heavy atom. The van der Waals surface area contributed by atoms with Gasteiger partial charge < -0.3 is 10.4 Å². The van der Waals surface area contributed by atoms with Crippen LogP contribution in [0.15, 0.2) is 12.4 Å². The largest absolute Gasteiger partial charge is 0.481 e. The van der Waals surface area contributed by atoms with Crippen LogP contribution in [-0.4, -0.2) is 33.5 Å². The number of carbonyl (C=O) groups is 2. The standard InChI is InChI=1S/C11H12F3N3O3/c1-10(2,9(19)20)5-17-7(18)6-3-15-8(16-4-6)11(12,13)14/h3-4H,5H2,1-2H3,(H,17,18)(H,19,20). The number of carbonyl (C=O) groups excluding carboxylic acids is 1. The minimum Gasteiger partial charge on any atom is -0.481 e. The van der Waals surface area contributed by atoms with Crippen molar-refractivity contribution in [2.45, 2.75) is 20.0 Å². The predicted octanol–water partition coefficient (Wildman–Crippen LogP) is 1.34. The van der Waals surface area contributed by atoms with Gasteiger partial charge >= 0.3 is 12.1 Å². The molecule has 1 amide bonds. The van der Waals surface area contributed by atoms with Crippen LogP contribution in [0.5, 0.6) is 0 Å². The summed E-state index contributed by atoms with van der Waals surface area (Å²) in [7, 11) is 0. The summed E-state index contributed by atoms with van der Waals surface area (Å²) in [5.41, 5.74) is -1.37. The molecule has 0 aliphatic rings. The molecule has 0 fully saturated rings. The summed E-state index contributed by atoms with van der Waals surface area (Å²) < 4.78 is 36.7. The highest BCUT2D eigenvalue weighted by atomic mass is 19.4. The normalized spacial score (nSPS) is 12.1. The molecule has 0 spiro atoms. The number of nitrogens with one attached hydrogen (secondary N) is 1. The zero-order chi connectivity index (χ0) is 15.6. The first-order valence-electron chi connectivity index (χ1n) is 5.45. The summed E-state index contributed by atoms with van der Waals surface area (Å²) >= 11 is 0. The van der Waals surface area contributed by atoms with Gasteiger partial charge in [-0.2, -0.15) is 13.2 Å². The Bertz CT molecular complexity index is 512. The molecule has 0 bridgehead atoms. The Morgan fingerprint density at radius 1 is 1.25 bits per heavy atom. The smallest absolute Gasteiger partial charge is 0.451 e. The number of carboxylic acids is 1. The van der Waals surface area contributed by atoms with E-state index in [0.717, 1.165) is 12.4 Å². The highest BCUT2D eigenvalue weighted by Crippen LogP contribution is 2.25. The zero-order valence-corrected chi connectivity index (χ0v) is 10.7. The van der Waals surface area contributed by atoms with Crippen LogP contribution in [0.3, 0.4) is 0 Å². The van der Waals surface area contributed by atoms with Crippen LogP contribution in [0.4, 0.5) is 13.2 Å². The fraction of sp³-hybridized carbons (Fsp3) is 0.455. The number of aromatic nitrogens is 2. The number of amides is 1. The third-order valence-electron chi connectivity index (χ3n) is 2.44. The second kappa shape index (κ2) is 5.43. The number of aliphatic carboxylic acids is 1. The van der Waals surface area contributed by atoms with Gasteiger partial charge in [-0.05, 0) is 13.8 Å². The molecule has 6 nitrogen and oxygen atoms in total. The number of alkyl halides is 3. The van der Waals surface area contributed by atoms with E-state index in [-0.39, 0.29) is 12.1 Å². The van der Waals surface area contributed by atoms with Gasteiger partial charge in [-0.3, -0.25) is 9.59 Å². The van der Waals surface area contributed by atoms with Crippen LogP contribution in [0.25, 0.3) is 0 Å². The highest BCUT2D eigenvalue weighted by Gasteiger charge is 2.34. The summed E-state index contributed by atoms with van der Waals surface area (Å²) in [6.45, 7) is 2.62. The molecule has 0 saturated heterocycles. The van der Waals surface area contributed by atoms with Crippen LogP contribution in [0.1, 0.15) is 30.0 Å². The second-order valence-corrected chi connectivity index (χ2v) is 4.66. The molecule has 1 aromatic rings. The zero-order valence-electron chi connectivity index (χ0n) is 10.7. The van der Waals surface area contributed by atoms with E-state index in [1.54, 1.807) is 0 Å². The van der Waals surface area contributed by atoms with Gasteiger partial charge in [0.1, 0.15) is 0 Å². The number of halogens is 3. The van der Waals surface area contributed by atoms with Crippen molar-refractivity contribution in [3.05, 3.63) is 23.8 Å². The molecule has 0 saturated carbocycles. The molecule has 2 N–H and O–H groups in total. The van der Waals surface area contributed by atoms with Gasteiger partial charge in [0.25, 0.3) is 5.91 Å². The summed E-state index contributed by atoms with van der Waals surface area (Å²) in [6.07, 6.45) is -3.21. The van der Waals surface area contributed by atoms with E-state index in [2.05, 4.69) is 15.3 Å². The van der Waals surface area contributed by atoms with Crippen molar-refractivity contribution in [3.63, 3.8) is 0 Å². The molecule has 0 aromatic carbocycles. The van der Waals surface area contributed by atoms with Crippen molar-refractivity contribution in [2.75, 3.05) is 6.54 Å². The number of nitrogens with zero attached hydrogens (tertiary/aromatic N) is 2. The van der Waals surface area contributed by atoms with Crippen LogP contribution in [-0.2, 0) is 11.0 Å². The molecule has 0 atom stereocenters. The van der Waals surface area contributed by atoms with Gasteiger partial charge in [0.05, 0.1) is 11.0 Å². The number of rotatable bonds is 4. The van der Waals surface area contributed by atoms with Crippen LogP contribution >= 0.6 is 0 Å². The molecule has 1 rings (SSSR count). The molecule has 0 unspecified atom stereocenters. The second-order valence-electron chi connectivity index (χ2n) is 4.66. The lowest BCUT2D eigenvalue weighted by Crippen LogP contribution is -2.39. The Morgan fingerprint density at radius 2 is 1.75 bits per heavy atom. The van der Waals surface area contributed by atoms with Crippen LogP contribution < -0.4 is 5.32 Å². The van der Waals surface area contributed by atoms with E-state index in [1.807, 2.05) is 0 Å². The lowest BCUT2D eigenvalue weighted by atomic mass is 9.94. The highest BCUT2D eigenvalue weighted by molar-refractivity contribution is 5.93. The summed E-state index contributed by atoms with van der Waals surface area (Å²) in [6, 6.07) is 0. The topological polar surface area (TPSA) is 92.2 Å². The summed E-state index contributed by atoms with van der Waals surface area (Å²) in [5.74, 6) is -3.20. The van der Waals surface area contributed by atoms with Gasteiger partial charge in [-0.15, -0.1) is 0 Å². The first-order valence-corrected chi connectivity index (χ1v) is 5.45. The van der Waals surface area contributed by atoms with Crippen molar-refractivity contribution in [2.24, 2.45) is 5.41 Å². The van der Waals surface area contributed by atoms with E-state index < -0.39 is 29.3 Å². The summed E-state index contributed by atoms with van der Waals surface area (Å²) in [4.78, 5) is 28.5. The third kappa shape index (κ3) is 3.90. The molecular weight excluding hydrogens is 279 g/mol. The Balaban J connectivity index is 2.72. The van der Waals surface area contributed by atoms with E-state index >= 15 is 0 Å². The molecule has 0 aliphatic carbocycles. The van der Waals surface area contributed by atoms with Crippen molar-refractivity contribution >= 4 is 11.9 Å². The molecular formula is C11H12F3N3O3. The molecule has 0 radical (unpaired) electrons. The number of hydrogen-bond donors (Lipinski definition) is 2. The number of hydrogen-bond acceptors (Lipinski definition) is 4. The average molecular weight is 291 g/mol. The first-order chi connectivity index (χ1) is 9.04. The monoisotopic (exact) mass is 291 g/mol. The van der Waals surface area contributed by atoms with Crippen LogP contribution in [0.2, 0.25) is 0 Å². The molecule has 110 valence electrons. The van der Waals surface area contributed by atoms with E-state index in [0.29, 0.717) is 0 Å². The Kier molecular flexibility index (Phi) is 4.31. The lowest BCUT2D eigenvalue weighted by Gasteiger charge is -2.19. The minimum absolute atomic E-state index is 0.178. The van der Waals surface area contributed by atoms with Crippen molar-refractivity contribution < 1.29 is 27.9 Å². The van der Waals surface area contributed by atoms with Crippen molar-refractivity contribution in [3.8, 4) is 0 Å². The first kappa shape index (κ1) is 15.9. The average Bonchev–Trinajstić information content (AvgIpc) is 2.35. The van der Waals surface area contributed by atoms with Gasteiger partial charge in [0.2, 0.25) is 5.82 Å². The van der Waals surface area contributed by atoms with Gasteiger partial charge in [-0.25, -0.2) is 9.97 Å². The lowest BCUT2D eigenvalue weighted by molar-refractivity contribution is -0.146. The molecule has 20 heavy (non-hydrogen) atoms. The SMILES string of the molecule is CC(C)(CNC(=O)c1cnc(C(F)(F)F)nc1)C(=O)O. The third-order valence-corrected chi connectivity index (χ3v) is 2.44. The maximum absolute atomic E-state index is 12.2. The fourth-order valence-corrected chi connectivity index (χ4v) is 1.07. The van der Waals surface area contributed by atoms with Gasteiger partial charge in [0, 0.05) is 18.9 Å². The quantitative estimate of drug-likeness (QED) is 0.873. The maximum atomic E-state index is 12.2. The summed E-state index contributed by atoms with van der Waals surface area (Å²) in [5, 5.41) is 11.1. The minimum atomic E-state index is -4.68. The van der Waals surface area contributed by atoms with E-state index in [9.17, 15) is 22.8 Å². The molecule has 1 heterocycles. The van der Waals surface area contributed by atoms with E-state index in [1.165, 1.54) is 13.8 Å². The predicted molar refractivity (Wildman–Crippen MR) is 60.8 cm³/mol. The van der Waals surface area contributed by atoms with E-state index in [4.69, 9.17) is 5.11 Å². The van der Waals surface area contributed by atoms with Crippen molar-refractivity contribution in [1.29, 1.82) is 0 Å². The van der Waals surface area contributed by atoms with Gasteiger partial charge in [0.15, 0.2) is 0 Å². The Hall–Kier alpha value is -2.19. The fourth-order valence-electron chi connectivity index (χ4n) is 1.07.